The van der Waals surface area contributed by atoms with Gasteiger partial charge in [0.1, 0.15) is 0 Å². The lowest BCUT2D eigenvalue weighted by atomic mass is 9.89. The molecule has 1 aromatic carbocycles. The average Bonchev–Trinajstić information content (AvgIpc) is 2.50. The zero-order valence-corrected chi connectivity index (χ0v) is 11.8. The molecule has 20 heavy (non-hydrogen) atoms. The molecule has 0 N–H and O–H groups in total. The average molecular weight is 267 g/mol. The van der Waals surface area contributed by atoms with E-state index in [1.807, 2.05) is 0 Å². The molecule has 3 rings (SSSR count). The number of rotatable bonds is 3. The van der Waals surface area contributed by atoms with Crippen molar-refractivity contribution in [1.29, 1.82) is 0 Å². The van der Waals surface area contributed by atoms with Crippen LogP contribution in [0.15, 0.2) is 53.6 Å². The van der Waals surface area contributed by atoms with E-state index in [1.54, 1.807) is 0 Å². The van der Waals surface area contributed by atoms with Crippen LogP contribution in [0.1, 0.15) is 31.2 Å². The number of hydrogen-bond acceptors (Lipinski definition) is 2. The highest BCUT2D eigenvalue weighted by Crippen LogP contribution is 2.26. The fourth-order valence-corrected chi connectivity index (χ4v) is 3.01. The summed E-state index contributed by atoms with van der Waals surface area (Å²) in [5, 5.41) is 0. The highest BCUT2D eigenvalue weighted by molar-refractivity contribution is 6.00. The SMILES string of the molecule is O=C1CCCC=C1C1=CCN(Cc2ccccc2)CC1. The van der Waals surface area contributed by atoms with Gasteiger partial charge in [0.2, 0.25) is 0 Å². The molecule has 1 aromatic rings. The van der Waals surface area contributed by atoms with Crippen LogP contribution in [-0.2, 0) is 11.3 Å². The molecule has 0 unspecified atom stereocenters. The van der Waals surface area contributed by atoms with Crippen molar-refractivity contribution in [2.24, 2.45) is 0 Å². The van der Waals surface area contributed by atoms with Gasteiger partial charge in [-0.3, -0.25) is 9.69 Å². The Morgan fingerprint density at radius 1 is 1.05 bits per heavy atom. The first-order chi connectivity index (χ1) is 9.83. The van der Waals surface area contributed by atoms with Crippen LogP contribution in [0.25, 0.3) is 0 Å². The van der Waals surface area contributed by atoms with Gasteiger partial charge in [-0.2, -0.15) is 0 Å². The van der Waals surface area contributed by atoms with E-state index in [-0.39, 0.29) is 0 Å². The summed E-state index contributed by atoms with van der Waals surface area (Å²) < 4.78 is 0. The van der Waals surface area contributed by atoms with Crippen LogP contribution in [0, 0.1) is 0 Å². The third kappa shape index (κ3) is 3.07. The van der Waals surface area contributed by atoms with Crippen LogP contribution in [0.4, 0.5) is 0 Å². The predicted molar refractivity (Wildman–Crippen MR) is 81.4 cm³/mol. The smallest absolute Gasteiger partial charge is 0.162 e. The number of carbonyl (C=O) groups excluding carboxylic acids is 1. The van der Waals surface area contributed by atoms with Crippen molar-refractivity contribution < 1.29 is 4.79 Å². The van der Waals surface area contributed by atoms with Crippen molar-refractivity contribution >= 4 is 5.78 Å². The van der Waals surface area contributed by atoms with E-state index in [0.717, 1.165) is 50.9 Å². The summed E-state index contributed by atoms with van der Waals surface area (Å²) in [6, 6.07) is 10.6. The van der Waals surface area contributed by atoms with Crippen LogP contribution < -0.4 is 0 Å². The first kappa shape index (κ1) is 13.3. The number of ketones is 1. The molecule has 0 saturated carbocycles. The van der Waals surface area contributed by atoms with E-state index in [1.165, 1.54) is 11.1 Å². The molecule has 0 atom stereocenters. The second kappa shape index (κ2) is 6.19. The number of nitrogens with zero attached hydrogens (tertiary/aromatic N) is 1. The Hall–Kier alpha value is -1.67. The highest BCUT2D eigenvalue weighted by atomic mass is 16.1. The van der Waals surface area contributed by atoms with Gasteiger partial charge >= 0.3 is 0 Å². The molecule has 0 spiro atoms. The van der Waals surface area contributed by atoms with Crippen LogP contribution >= 0.6 is 0 Å². The lowest BCUT2D eigenvalue weighted by molar-refractivity contribution is -0.115. The van der Waals surface area contributed by atoms with Gasteiger partial charge in [-0.1, -0.05) is 42.5 Å². The minimum Gasteiger partial charge on any atom is -0.295 e. The van der Waals surface area contributed by atoms with E-state index in [2.05, 4.69) is 47.4 Å². The van der Waals surface area contributed by atoms with Gasteiger partial charge in [0.15, 0.2) is 5.78 Å². The molecule has 2 aliphatic rings. The second-order valence-corrected chi connectivity index (χ2v) is 5.63. The largest absolute Gasteiger partial charge is 0.295 e. The summed E-state index contributed by atoms with van der Waals surface area (Å²) in [5.41, 5.74) is 3.65. The van der Waals surface area contributed by atoms with Crippen molar-refractivity contribution in [3.8, 4) is 0 Å². The van der Waals surface area contributed by atoms with E-state index in [9.17, 15) is 4.79 Å². The minimum absolute atomic E-state index is 0.346. The van der Waals surface area contributed by atoms with Gasteiger partial charge in [0.05, 0.1) is 0 Å². The fraction of sp³-hybridized carbons (Fsp3) is 0.389. The number of carbonyl (C=O) groups is 1. The van der Waals surface area contributed by atoms with Crippen LogP contribution in [-0.4, -0.2) is 23.8 Å². The van der Waals surface area contributed by atoms with E-state index in [4.69, 9.17) is 0 Å². The molecule has 0 fully saturated rings. The first-order valence-corrected chi connectivity index (χ1v) is 7.52. The normalized spacial score (nSPS) is 20.5. The summed E-state index contributed by atoms with van der Waals surface area (Å²) in [6.45, 7) is 3.00. The Balaban J connectivity index is 1.63. The highest BCUT2D eigenvalue weighted by Gasteiger charge is 2.20. The standard InChI is InChI=1S/C18H21NO/c20-18-9-5-4-8-17(18)16-10-12-19(13-11-16)14-15-6-2-1-3-7-15/h1-3,6-8,10H,4-5,9,11-14H2. The van der Waals surface area contributed by atoms with Gasteiger partial charge in [-0.15, -0.1) is 0 Å². The van der Waals surface area contributed by atoms with Crippen molar-refractivity contribution in [3.63, 3.8) is 0 Å². The van der Waals surface area contributed by atoms with Gasteiger partial charge in [0, 0.05) is 31.6 Å². The summed E-state index contributed by atoms with van der Waals surface area (Å²) in [7, 11) is 0. The maximum Gasteiger partial charge on any atom is 0.162 e. The van der Waals surface area contributed by atoms with E-state index >= 15 is 0 Å². The van der Waals surface area contributed by atoms with Crippen LogP contribution in [0.2, 0.25) is 0 Å². The summed E-state index contributed by atoms with van der Waals surface area (Å²) in [4.78, 5) is 14.4. The molecule has 0 amide bonds. The number of hydrogen-bond donors (Lipinski definition) is 0. The maximum atomic E-state index is 11.9. The third-order valence-electron chi connectivity index (χ3n) is 4.15. The fourth-order valence-electron chi connectivity index (χ4n) is 3.01. The topological polar surface area (TPSA) is 20.3 Å². The molecular formula is C18H21NO. The van der Waals surface area contributed by atoms with Gasteiger partial charge in [0.25, 0.3) is 0 Å². The van der Waals surface area contributed by atoms with E-state index in [0.29, 0.717) is 5.78 Å². The Kier molecular flexibility index (Phi) is 4.12. The Morgan fingerprint density at radius 2 is 1.90 bits per heavy atom. The monoisotopic (exact) mass is 267 g/mol. The van der Waals surface area contributed by atoms with E-state index < -0.39 is 0 Å². The Labute approximate surface area is 120 Å². The third-order valence-corrected chi connectivity index (χ3v) is 4.15. The first-order valence-electron chi connectivity index (χ1n) is 7.52. The minimum atomic E-state index is 0.346. The number of Topliss-reactive ketones (excluding diaryl/α,β-unsaturated/α-hetero) is 1. The summed E-state index contributed by atoms with van der Waals surface area (Å²) >= 11 is 0. The van der Waals surface area contributed by atoms with Crippen LogP contribution in [0.3, 0.4) is 0 Å². The molecule has 0 bridgehead atoms. The second-order valence-electron chi connectivity index (χ2n) is 5.63. The van der Waals surface area contributed by atoms with Gasteiger partial charge in [-0.05, 0) is 30.4 Å². The summed E-state index contributed by atoms with van der Waals surface area (Å²) in [6.07, 6.45) is 8.22. The molecule has 0 aromatic heterocycles. The van der Waals surface area contributed by atoms with Crippen LogP contribution in [0.5, 0.6) is 0 Å². The van der Waals surface area contributed by atoms with Gasteiger partial charge < -0.3 is 0 Å². The molecule has 0 saturated heterocycles. The maximum absolute atomic E-state index is 11.9. The molecule has 1 aliphatic heterocycles. The van der Waals surface area contributed by atoms with Crippen molar-refractivity contribution in [2.75, 3.05) is 13.1 Å². The quantitative estimate of drug-likeness (QED) is 0.835. The zero-order valence-electron chi connectivity index (χ0n) is 11.8. The molecule has 1 heterocycles. The lowest BCUT2D eigenvalue weighted by Crippen LogP contribution is -2.29. The molecule has 0 radical (unpaired) electrons. The molecule has 2 heteroatoms. The van der Waals surface area contributed by atoms with Crippen molar-refractivity contribution in [3.05, 3.63) is 59.2 Å². The molecule has 104 valence electrons. The predicted octanol–water partition coefficient (Wildman–Crippen LogP) is 3.50. The zero-order chi connectivity index (χ0) is 13.8. The lowest BCUT2D eigenvalue weighted by Gasteiger charge is -2.27. The van der Waals surface area contributed by atoms with Crippen molar-refractivity contribution in [1.82, 2.24) is 4.90 Å². The number of allylic oxidation sites excluding steroid dienone is 2. The Morgan fingerprint density at radius 3 is 2.60 bits per heavy atom. The summed E-state index contributed by atoms with van der Waals surface area (Å²) in [5.74, 6) is 0.346. The molecule has 2 nitrogen and oxygen atoms in total. The number of benzene rings is 1. The van der Waals surface area contributed by atoms with Gasteiger partial charge in [-0.25, -0.2) is 0 Å². The molecular weight excluding hydrogens is 246 g/mol. The Bertz CT molecular complexity index is 542. The van der Waals surface area contributed by atoms with Crippen molar-refractivity contribution in [2.45, 2.75) is 32.2 Å². The molecule has 1 aliphatic carbocycles.